The molecule has 1 saturated heterocycles. The molecule has 1 saturated carbocycles. The van der Waals surface area contributed by atoms with Gasteiger partial charge in [-0.05, 0) is 44.2 Å². The highest BCUT2D eigenvalue weighted by molar-refractivity contribution is 4.93. The molecule has 1 heterocycles. The number of nitrogens with one attached hydrogen (secondary N) is 1. The number of likely N-dealkylation sites (N-methyl/N-ethyl adjacent to an activating group) is 1. The van der Waals surface area contributed by atoms with Crippen LogP contribution in [0.15, 0.2) is 0 Å². The molecule has 1 N–H and O–H groups in total. The van der Waals surface area contributed by atoms with Crippen molar-refractivity contribution < 1.29 is 0 Å². The number of hydrogen-bond donors (Lipinski definition) is 1. The molecule has 0 aromatic carbocycles. The lowest BCUT2D eigenvalue weighted by Crippen LogP contribution is -2.51. The fraction of sp³-hybridized carbons (Fsp3) is 1.00. The van der Waals surface area contributed by atoms with Gasteiger partial charge in [0.15, 0.2) is 0 Å². The van der Waals surface area contributed by atoms with Crippen LogP contribution in [0.3, 0.4) is 0 Å². The zero-order valence-corrected chi connectivity index (χ0v) is 10.5. The van der Waals surface area contributed by atoms with Gasteiger partial charge in [0.05, 0.1) is 0 Å². The molecule has 2 heteroatoms. The average molecular weight is 210 g/mol. The van der Waals surface area contributed by atoms with Gasteiger partial charge >= 0.3 is 0 Å². The van der Waals surface area contributed by atoms with Crippen molar-refractivity contribution in [2.24, 2.45) is 11.8 Å². The first-order chi connectivity index (χ1) is 7.22. The van der Waals surface area contributed by atoms with E-state index >= 15 is 0 Å². The molecule has 2 nitrogen and oxygen atoms in total. The quantitative estimate of drug-likeness (QED) is 0.764. The van der Waals surface area contributed by atoms with Crippen LogP contribution in [0.4, 0.5) is 0 Å². The van der Waals surface area contributed by atoms with Crippen LogP contribution in [0.1, 0.15) is 40.0 Å². The van der Waals surface area contributed by atoms with Crippen LogP contribution in [-0.4, -0.2) is 36.6 Å². The lowest BCUT2D eigenvalue weighted by molar-refractivity contribution is 0.0338. The molecule has 0 radical (unpaired) electrons. The fourth-order valence-corrected chi connectivity index (χ4v) is 3.18. The summed E-state index contributed by atoms with van der Waals surface area (Å²) in [5.74, 6) is 1.89. The number of rotatable bonds is 4. The van der Waals surface area contributed by atoms with E-state index in [0.29, 0.717) is 0 Å². The molecule has 2 fully saturated rings. The van der Waals surface area contributed by atoms with Gasteiger partial charge in [0.2, 0.25) is 0 Å². The molecule has 1 unspecified atom stereocenters. The Morgan fingerprint density at radius 1 is 1.27 bits per heavy atom. The summed E-state index contributed by atoms with van der Waals surface area (Å²) in [4.78, 5) is 2.75. The Morgan fingerprint density at radius 3 is 2.47 bits per heavy atom. The Balaban J connectivity index is 1.81. The largest absolute Gasteiger partial charge is 0.315 e. The van der Waals surface area contributed by atoms with Gasteiger partial charge in [0.25, 0.3) is 0 Å². The van der Waals surface area contributed by atoms with Crippen molar-refractivity contribution in [3.8, 4) is 0 Å². The van der Waals surface area contributed by atoms with Gasteiger partial charge in [-0.15, -0.1) is 0 Å². The van der Waals surface area contributed by atoms with Crippen LogP contribution in [0.5, 0.6) is 0 Å². The minimum Gasteiger partial charge on any atom is -0.315 e. The van der Waals surface area contributed by atoms with E-state index in [1.165, 1.54) is 38.9 Å². The summed E-state index contributed by atoms with van der Waals surface area (Å²) >= 11 is 0. The molecule has 88 valence electrons. The summed E-state index contributed by atoms with van der Waals surface area (Å²) in [5.41, 5.74) is 0. The first-order valence-electron chi connectivity index (χ1n) is 6.68. The van der Waals surface area contributed by atoms with Crippen LogP contribution >= 0.6 is 0 Å². The molecule has 1 aliphatic carbocycles. The van der Waals surface area contributed by atoms with E-state index in [1.807, 2.05) is 0 Å². The van der Waals surface area contributed by atoms with Crippen LogP contribution in [0.2, 0.25) is 0 Å². The summed E-state index contributed by atoms with van der Waals surface area (Å²) in [5, 5.41) is 3.48. The zero-order chi connectivity index (χ0) is 10.8. The normalized spacial score (nSPS) is 36.2. The van der Waals surface area contributed by atoms with Gasteiger partial charge in [-0.1, -0.05) is 20.8 Å². The Labute approximate surface area is 94.4 Å². The monoisotopic (exact) mass is 210 g/mol. The van der Waals surface area contributed by atoms with Gasteiger partial charge < -0.3 is 5.32 Å². The van der Waals surface area contributed by atoms with Crippen molar-refractivity contribution in [3.05, 3.63) is 0 Å². The molecule has 0 amide bonds. The summed E-state index contributed by atoms with van der Waals surface area (Å²) in [6.07, 6.45) is 4.25. The molecule has 1 atom stereocenters. The minimum atomic E-state index is 0.827. The molecular formula is C13H26N2. The number of nitrogens with zero attached hydrogens (tertiary/aromatic N) is 1. The van der Waals surface area contributed by atoms with E-state index in [-0.39, 0.29) is 0 Å². The first-order valence-corrected chi connectivity index (χ1v) is 6.68. The standard InChI is InChI=1S/C13H26N2/c1-4-15(12-5-6-14-9-12)13-7-11(8-13)10(2)3/h10-14H,4-9H2,1-3H3. The summed E-state index contributed by atoms with van der Waals surface area (Å²) in [6, 6.07) is 1.72. The smallest absolute Gasteiger partial charge is 0.0235 e. The summed E-state index contributed by atoms with van der Waals surface area (Å²) in [7, 11) is 0. The predicted octanol–water partition coefficient (Wildman–Crippen LogP) is 2.10. The van der Waals surface area contributed by atoms with Crippen molar-refractivity contribution >= 4 is 0 Å². The second-order valence-corrected chi connectivity index (χ2v) is 5.61. The van der Waals surface area contributed by atoms with Crippen LogP contribution < -0.4 is 5.32 Å². The average Bonchev–Trinajstić information content (AvgIpc) is 2.61. The lowest BCUT2D eigenvalue weighted by Gasteiger charge is -2.46. The van der Waals surface area contributed by atoms with Crippen molar-refractivity contribution in [2.45, 2.75) is 52.1 Å². The molecular weight excluding hydrogens is 184 g/mol. The van der Waals surface area contributed by atoms with E-state index in [9.17, 15) is 0 Å². The molecule has 1 aliphatic heterocycles. The van der Waals surface area contributed by atoms with Crippen molar-refractivity contribution in [1.29, 1.82) is 0 Å². The topological polar surface area (TPSA) is 15.3 Å². The van der Waals surface area contributed by atoms with E-state index in [1.54, 1.807) is 0 Å². The highest BCUT2D eigenvalue weighted by Crippen LogP contribution is 2.38. The highest BCUT2D eigenvalue weighted by Gasteiger charge is 2.37. The molecule has 0 bridgehead atoms. The first kappa shape index (κ1) is 11.4. The summed E-state index contributed by atoms with van der Waals surface area (Å²) in [6.45, 7) is 10.7. The molecule has 0 spiro atoms. The van der Waals surface area contributed by atoms with Crippen molar-refractivity contribution in [1.82, 2.24) is 10.2 Å². The van der Waals surface area contributed by atoms with E-state index in [2.05, 4.69) is 31.0 Å². The predicted molar refractivity (Wildman–Crippen MR) is 65.0 cm³/mol. The Hall–Kier alpha value is -0.0800. The molecule has 2 aliphatic rings. The Bertz CT molecular complexity index is 191. The Morgan fingerprint density at radius 2 is 2.00 bits per heavy atom. The summed E-state index contributed by atoms with van der Waals surface area (Å²) < 4.78 is 0. The maximum absolute atomic E-state index is 3.48. The molecule has 2 rings (SSSR count). The van der Waals surface area contributed by atoms with E-state index in [0.717, 1.165) is 23.9 Å². The Kier molecular flexibility index (Phi) is 3.68. The van der Waals surface area contributed by atoms with Crippen LogP contribution in [0, 0.1) is 11.8 Å². The zero-order valence-electron chi connectivity index (χ0n) is 10.5. The molecule has 15 heavy (non-hydrogen) atoms. The lowest BCUT2D eigenvalue weighted by atomic mass is 9.72. The molecule has 0 aromatic heterocycles. The van der Waals surface area contributed by atoms with Gasteiger partial charge in [0, 0.05) is 18.6 Å². The van der Waals surface area contributed by atoms with Gasteiger partial charge in [-0.25, -0.2) is 0 Å². The second-order valence-electron chi connectivity index (χ2n) is 5.61. The maximum atomic E-state index is 3.48. The third-order valence-corrected chi connectivity index (χ3v) is 4.43. The van der Waals surface area contributed by atoms with Crippen molar-refractivity contribution in [3.63, 3.8) is 0 Å². The third-order valence-electron chi connectivity index (χ3n) is 4.43. The van der Waals surface area contributed by atoms with Crippen LogP contribution in [-0.2, 0) is 0 Å². The minimum absolute atomic E-state index is 0.827. The van der Waals surface area contributed by atoms with Gasteiger partial charge in [-0.2, -0.15) is 0 Å². The van der Waals surface area contributed by atoms with Crippen LogP contribution in [0.25, 0.3) is 0 Å². The maximum Gasteiger partial charge on any atom is 0.0235 e. The number of hydrogen-bond acceptors (Lipinski definition) is 2. The third kappa shape index (κ3) is 2.36. The highest BCUT2D eigenvalue weighted by atomic mass is 15.2. The van der Waals surface area contributed by atoms with Gasteiger partial charge in [-0.3, -0.25) is 4.90 Å². The van der Waals surface area contributed by atoms with Gasteiger partial charge in [0.1, 0.15) is 0 Å². The fourth-order valence-electron chi connectivity index (χ4n) is 3.18. The van der Waals surface area contributed by atoms with E-state index in [4.69, 9.17) is 0 Å². The van der Waals surface area contributed by atoms with Crippen molar-refractivity contribution in [2.75, 3.05) is 19.6 Å². The SMILES string of the molecule is CCN(C1CCNC1)C1CC(C(C)C)C1. The van der Waals surface area contributed by atoms with E-state index < -0.39 is 0 Å². The second kappa shape index (κ2) is 4.84. The molecule has 0 aromatic rings.